The van der Waals surface area contributed by atoms with Gasteiger partial charge in [0.25, 0.3) is 0 Å². The molecule has 0 aromatic carbocycles. The second kappa shape index (κ2) is 23.2. The summed E-state index contributed by atoms with van der Waals surface area (Å²) in [5.41, 5.74) is -2.42. The molecule has 26 heavy (non-hydrogen) atoms. The molecular formula is C20H42NaO2PS2. The minimum Gasteiger partial charge on any atom is -0.691 e. The summed E-state index contributed by atoms with van der Waals surface area (Å²) < 4.78 is 11.3. The first-order chi connectivity index (χ1) is 12.1. The zero-order valence-corrected chi connectivity index (χ0v) is 22.3. The quantitative estimate of drug-likeness (QED) is 0.116. The van der Waals surface area contributed by atoms with E-state index in [2.05, 4.69) is 13.8 Å². The van der Waals surface area contributed by atoms with Crippen LogP contribution in [0.4, 0.5) is 0 Å². The molecule has 0 amide bonds. The van der Waals surface area contributed by atoms with Crippen molar-refractivity contribution in [3.63, 3.8) is 0 Å². The van der Waals surface area contributed by atoms with Gasteiger partial charge in [-0.1, -0.05) is 116 Å². The van der Waals surface area contributed by atoms with Crippen LogP contribution in [0.5, 0.6) is 0 Å². The van der Waals surface area contributed by atoms with Crippen molar-refractivity contribution < 1.29 is 38.6 Å². The molecule has 0 aromatic rings. The first-order valence-electron chi connectivity index (χ1n) is 10.7. The summed E-state index contributed by atoms with van der Waals surface area (Å²) in [7, 11) is 0. The third-order valence-electron chi connectivity index (χ3n) is 4.49. The molecule has 0 saturated heterocycles. The fourth-order valence-electron chi connectivity index (χ4n) is 2.86. The Labute approximate surface area is 197 Å². The van der Waals surface area contributed by atoms with Crippen LogP contribution in [0.25, 0.3) is 0 Å². The molecule has 0 N–H and O–H groups in total. The largest absolute Gasteiger partial charge is 1.00 e. The summed E-state index contributed by atoms with van der Waals surface area (Å²) in [4.78, 5) is 0. The van der Waals surface area contributed by atoms with Crippen molar-refractivity contribution in [3.8, 4) is 0 Å². The van der Waals surface area contributed by atoms with E-state index in [1.54, 1.807) is 0 Å². The van der Waals surface area contributed by atoms with E-state index in [9.17, 15) is 0 Å². The third-order valence-corrected chi connectivity index (χ3v) is 6.76. The average Bonchev–Trinajstić information content (AvgIpc) is 2.59. The SMILES string of the molecule is CCCCCCCCCCOP(=S)([S-])OCCCCCCCCCC.[Na+]. The summed E-state index contributed by atoms with van der Waals surface area (Å²) >= 11 is 10.6. The molecule has 0 radical (unpaired) electrons. The molecule has 0 aliphatic heterocycles. The molecule has 0 rings (SSSR count). The zero-order chi connectivity index (χ0) is 18.6. The van der Waals surface area contributed by atoms with Crippen LogP contribution >= 0.6 is 5.69 Å². The van der Waals surface area contributed by atoms with Crippen molar-refractivity contribution in [1.82, 2.24) is 0 Å². The maximum Gasteiger partial charge on any atom is 1.00 e. The second-order valence-electron chi connectivity index (χ2n) is 7.06. The fourth-order valence-corrected chi connectivity index (χ4v) is 4.54. The predicted molar refractivity (Wildman–Crippen MR) is 119 cm³/mol. The minimum atomic E-state index is -2.42. The first-order valence-corrected chi connectivity index (χ1v) is 14.4. The number of unbranched alkanes of at least 4 members (excludes halogenated alkanes) is 14. The van der Waals surface area contributed by atoms with Crippen molar-refractivity contribution in [2.24, 2.45) is 0 Å². The normalized spacial score (nSPS) is 11.5. The van der Waals surface area contributed by atoms with Crippen LogP contribution < -0.4 is 29.6 Å². The van der Waals surface area contributed by atoms with E-state index in [4.69, 9.17) is 33.1 Å². The van der Waals surface area contributed by atoms with Crippen LogP contribution in [0, 0.1) is 0 Å². The summed E-state index contributed by atoms with van der Waals surface area (Å²) in [5, 5.41) is 0. The van der Waals surface area contributed by atoms with Crippen molar-refractivity contribution in [1.29, 1.82) is 0 Å². The van der Waals surface area contributed by atoms with Gasteiger partial charge in [0.1, 0.15) is 0 Å². The molecule has 0 aliphatic rings. The average molecular weight is 433 g/mol. The molecule has 0 spiro atoms. The van der Waals surface area contributed by atoms with Crippen molar-refractivity contribution >= 4 is 29.7 Å². The van der Waals surface area contributed by atoms with Gasteiger partial charge < -0.3 is 21.3 Å². The molecule has 0 aliphatic carbocycles. The van der Waals surface area contributed by atoms with Crippen LogP contribution in [0.2, 0.25) is 0 Å². The Morgan fingerprint density at radius 1 is 0.577 bits per heavy atom. The number of hydrogen-bond acceptors (Lipinski definition) is 4. The fraction of sp³-hybridized carbons (Fsp3) is 1.00. The van der Waals surface area contributed by atoms with E-state index >= 15 is 0 Å². The summed E-state index contributed by atoms with van der Waals surface area (Å²) in [6.45, 7) is 5.86. The van der Waals surface area contributed by atoms with E-state index in [0.717, 1.165) is 12.8 Å². The zero-order valence-electron chi connectivity index (χ0n) is 17.8. The standard InChI is InChI=1S/C20H43O2PS2.Na/c1-3-5-7-9-11-13-15-17-19-21-23(24,25)22-20-18-16-14-12-10-8-6-4-2;/h3-20H2,1-2H3,(H,24,25);/q;+1/p-1. The molecule has 0 unspecified atom stereocenters. The maximum absolute atomic E-state index is 5.67. The van der Waals surface area contributed by atoms with Gasteiger partial charge in [0.15, 0.2) is 0 Å². The Bertz CT molecular complexity index is 294. The number of hydrogen-bond donors (Lipinski definition) is 0. The summed E-state index contributed by atoms with van der Waals surface area (Å²) in [6, 6.07) is 0. The van der Waals surface area contributed by atoms with Crippen molar-refractivity contribution in [2.45, 2.75) is 117 Å². The Hall–Kier alpha value is 1.92. The molecule has 152 valence electrons. The Morgan fingerprint density at radius 2 is 0.846 bits per heavy atom. The molecule has 0 bridgehead atoms. The monoisotopic (exact) mass is 432 g/mol. The predicted octanol–water partition coefficient (Wildman–Crippen LogP) is 5.08. The summed E-state index contributed by atoms with van der Waals surface area (Å²) in [6.07, 6.45) is 20.7. The van der Waals surface area contributed by atoms with Crippen LogP contribution in [-0.4, -0.2) is 13.2 Å². The number of rotatable bonds is 20. The van der Waals surface area contributed by atoms with Gasteiger partial charge in [-0.25, -0.2) is 0 Å². The third kappa shape index (κ3) is 24.0. The van der Waals surface area contributed by atoms with Crippen LogP contribution in [-0.2, 0) is 33.1 Å². The first kappa shape index (κ1) is 30.1. The summed E-state index contributed by atoms with van der Waals surface area (Å²) in [5.74, 6) is 0. The van der Waals surface area contributed by atoms with Gasteiger partial charge in [-0.15, -0.1) is 0 Å². The van der Waals surface area contributed by atoms with E-state index in [1.807, 2.05) is 0 Å². The van der Waals surface area contributed by atoms with Gasteiger partial charge in [0, 0.05) is 0 Å². The van der Waals surface area contributed by atoms with E-state index in [0.29, 0.717) is 13.2 Å². The maximum atomic E-state index is 5.67. The van der Waals surface area contributed by atoms with Crippen LogP contribution in [0.3, 0.4) is 0 Å². The van der Waals surface area contributed by atoms with E-state index in [-0.39, 0.29) is 29.6 Å². The van der Waals surface area contributed by atoms with Gasteiger partial charge in [-0.2, -0.15) is 0 Å². The smallest absolute Gasteiger partial charge is 0.691 e. The van der Waals surface area contributed by atoms with Crippen LogP contribution in [0.15, 0.2) is 0 Å². The van der Waals surface area contributed by atoms with E-state index in [1.165, 1.54) is 89.9 Å². The molecule has 0 heterocycles. The molecule has 0 fully saturated rings. The van der Waals surface area contributed by atoms with Crippen LogP contribution in [0.1, 0.15) is 117 Å². The Kier molecular flexibility index (Phi) is 26.9. The molecule has 0 saturated carbocycles. The Morgan fingerprint density at radius 3 is 1.15 bits per heavy atom. The second-order valence-corrected chi connectivity index (χ2v) is 12.1. The molecule has 2 nitrogen and oxygen atoms in total. The molecule has 6 heteroatoms. The van der Waals surface area contributed by atoms with Gasteiger partial charge in [0.05, 0.1) is 18.9 Å². The van der Waals surface area contributed by atoms with Gasteiger partial charge in [0.2, 0.25) is 0 Å². The van der Waals surface area contributed by atoms with Gasteiger partial charge in [-0.05, 0) is 12.8 Å². The van der Waals surface area contributed by atoms with Crippen molar-refractivity contribution in [3.05, 3.63) is 0 Å². The topological polar surface area (TPSA) is 18.5 Å². The van der Waals surface area contributed by atoms with Gasteiger partial charge >= 0.3 is 29.6 Å². The molecule has 0 atom stereocenters. The van der Waals surface area contributed by atoms with Gasteiger partial charge in [-0.3, -0.25) is 0 Å². The van der Waals surface area contributed by atoms with E-state index < -0.39 is 5.69 Å². The molecule has 0 aromatic heterocycles. The molecular weight excluding hydrogens is 390 g/mol. The van der Waals surface area contributed by atoms with Crippen molar-refractivity contribution in [2.75, 3.05) is 13.2 Å². The minimum absolute atomic E-state index is 0. The Balaban J connectivity index is 0.